The Morgan fingerprint density at radius 3 is 2.42 bits per heavy atom. The quantitative estimate of drug-likeness (QED) is 0.260. The van der Waals surface area contributed by atoms with Gasteiger partial charge in [-0.1, -0.05) is 23.5 Å². The van der Waals surface area contributed by atoms with Gasteiger partial charge in [0.2, 0.25) is 0 Å². The maximum atomic E-state index is 14.2. The molecule has 1 aliphatic heterocycles. The number of ether oxygens (including phenoxy) is 4. The fraction of sp³-hybridized carbons (Fsp3) is 0.303. The van der Waals surface area contributed by atoms with Gasteiger partial charge in [-0.15, -0.1) is 0 Å². The van der Waals surface area contributed by atoms with Gasteiger partial charge < -0.3 is 23.5 Å². The Morgan fingerprint density at radius 1 is 1.02 bits per heavy atom. The van der Waals surface area contributed by atoms with Crippen LogP contribution in [0.15, 0.2) is 69.6 Å². The minimum atomic E-state index is -0.819. The van der Waals surface area contributed by atoms with Crippen LogP contribution in [0.1, 0.15) is 49.3 Å². The predicted molar refractivity (Wildman–Crippen MR) is 166 cm³/mol. The lowest BCUT2D eigenvalue weighted by Gasteiger charge is -2.26. The second-order valence-electron chi connectivity index (χ2n) is 9.97. The number of rotatable bonds is 9. The van der Waals surface area contributed by atoms with Crippen LogP contribution in [-0.4, -0.2) is 42.5 Å². The fourth-order valence-electron chi connectivity index (χ4n) is 5.50. The molecule has 2 aromatic heterocycles. The lowest BCUT2D eigenvalue weighted by Crippen LogP contribution is -2.40. The maximum Gasteiger partial charge on any atom is 0.338 e. The lowest BCUT2D eigenvalue weighted by atomic mass is 9.94. The zero-order chi connectivity index (χ0) is 30.8. The predicted octanol–water partition coefficient (Wildman–Crippen LogP) is 4.62. The summed E-state index contributed by atoms with van der Waals surface area (Å²) >= 11 is 1.28. The molecule has 4 aromatic rings. The van der Waals surface area contributed by atoms with Crippen LogP contribution in [0.5, 0.6) is 17.2 Å². The van der Waals surface area contributed by atoms with E-state index in [2.05, 4.69) is 10.6 Å². The van der Waals surface area contributed by atoms with E-state index in [0.717, 1.165) is 28.4 Å². The first kappa shape index (κ1) is 29.9. The van der Waals surface area contributed by atoms with Crippen molar-refractivity contribution in [3.63, 3.8) is 0 Å². The number of allylic oxidation sites excluding steroid dienone is 1. The second kappa shape index (κ2) is 12.3. The molecule has 10 heteroatoms. The molecule has 0 aliphatic carbocycles. The van der Waals surface area contributed by atoms with Gasteiger partial charge in [0.1, 0.15) is 11.8 Å². The van der Waals surface area contributed by atoms with Crippen molar-refractivity contribution in [2.75, 3.05) is 27.4 Å². The number of para-hydroxylation sites is 1. The molecule has 0 bridgehead atoms. The van der Waals surface area contributed by atoms with Crippen LogP contribution in [0.25, 0.3) is 11.8 Å². The number of methoxy groups -OCH3 is 2. The fourth-order valence-corrected chi connectivity index (χ4v) is 6.53. The molecule has 1 aliphatic rings. The Hall–Kier alpha value is -4.57. The van der Waals surface area contributed by atoms with Crippen molar-refractivity contribution in [3.8, 4) is 22.9 Å². The molecule has 0 saturated carbocycles. The summed E-state index contributed by atoms with van der Waals surface area (Å²) in [5.74, 6) is 1.22. The van der Waals surface area contributed by atoms with Gasteiger partial charge in [-0.2, -0.15) is 0 Å². The molecule has 0 saturated heterocycles. The SMILES string of the molecule is CCOC(=O)C1=C(C)N=c2s/c(=C/c3cc(C)n(-c4ccc(OC)cc4)c3C)c(=O)n2[C@@H]1c1cccc(OC)c1OCC. The average molecular weight is 602 g/mol. The van der Waals surface area contributed by atoms with E-state index in [0.29, 0.717) is 38.7 Å². The summed E-state index contributed by atoms with van der Waals surface area (Å²) in [7, 11) is 3.20. The van der Waals surface area contributed by atoms with Gasteiger partial charge in [0.25, 0.3) is 5.56 Å². The largest absolute Gasteiger partial charge is 0.497 e. The number of benzene rings is 2. The third kappa shape index (κ3) is 5.38. The minimum absolute atomic E-state index is 0.187. The number of carbonyl (C=O) groups is 1. The highest BCUT2D eigenvalue weighted by molar-refractivity contribution is 7.07. The molecular weight excluding hydrogens is 566 g/mol. The first-order valence-electron chi connectivity index (χ1n) is 14.1. The van der Waals surface area contributed by atoms with Crippen LogP contribution in [0.4, 0.5) is 0 Å². The van der Waals surface area contributed by atoms with Gasteiger partial charge in [-0.25, -0.2) is 9.79 Å². The molecule has 1 atom stereocenters. The molecule has 5 rings (SSSR count). The molecule has 0 fully saturated rings. The van der Waals surface area contributed by atoms with Gasteiger partial charge in [0, 0.05) is 22.6 Å². The molecule has 9 nitrogen and oxygen atoms in total. The van der Waals surface area contributed by atoms with Gasteiger partial charge in [-0.05, 0) is 82.7 Å². The number of fused-ring (bicyclic) bond motifs is 1. The van der Waals surface area contributed by atoms with Crippen LogP contribution < -0.4 is 29.1 Å². The number of aryl methyl sites for hydroxylation is 1. The zero-order valence-electron chi connectivity index (χ0n) is 25.4. The van der Waals surface area contributed by atoms with Crippen LogP contribution in [0.3, 0.4) is 0 Å². The summed E-state index contributed by atoms with van der Waals surface area (Å²) in [5.41, 5.74) is 5.04. The van der Waals surface area contributed by atoms with Crippen LogP contribution >= 0.6 is 11.3 Å². The van der Waals surface area contributed by atoms with Crippen LogP contribution in [0.2, 0.25) is 0 Å². The summed E-state index contributed by atoms with van der Waals surface area (Å²) in [4.78, 5) is 32.8. The molecule has 0 radical (unpaired) electrons. The summed E-state index contributed by atoms with van der Waals surface area (Å²) in [6, 6.07) is 14.5. The summed E-state index contributed by atoms with van der Waals surface area (Å²) in [5, 5.41) is 0. The van der Waals surface area contributed by atoms with E-state index in [9.17, 15) is 9.59 Å². The molecule has 2 aromatic carbocycles. The van der Waals surface area contributed by atoms with E-state index in [1.165, 1.54) is 11.3 Å². The monoisotopic (exact) mass is 601 g/mol. The number of carbonyl (C=O) groups excluding carboxylic acids is 1. The Labute approximate surface area is 253 Å². The van der Waals surface area contributed by atoms with Crippen LogP contribution in [0, 0.1) is 13.8 Å². The number of aromatic nitrogens is 2. The Balaban J connectivity index is 1.72. The van der Waals surface area contributed by atoms with E-state index in [4.69, 9.17) is 23.9 Å². The van der Waals surface area contributed by atoms with Gasteiger partial charge in [0.15, 0.2) is 16.3 Å². The molecule has 0 N–H and O–H groups in total. The standard InChI is InChI=1S/C33H35N3O6S/c1-8-41-30-25(11-10-12-26(30)40-7)29-28(32(38)42-9-2)20(4)34-33-36(29)31(37)27(43-33)18-22-17-19(3)35(21(22)5)23-13-15-24(39-6)16-14-23/h10-18,29H,8-9H2,1-7H3/b27-18+/t29-/m1/s1. The van der Waals surface area contributed by atoms with E-state index >= 15 is 0 Å². The van der Waals surface area contributed by atoms with Crippen molar-refractivity contribution in [1.82, 2.24) is 9.13 Å². The van der Waals surface area contributed by atoms with E-state index in [-0.39, 0.29) is 17.7 Å². The molecule has 0 unspecified atom stereocenters. The van der Waals surface area contributed by atoms with Crippen molar-refractivity contribution in [1.29, 1.82) is 0 Å². The van der Waals surface area contributed by atoms with Crippen molar-refractivity contribution in [2.45, 2.75) is 40.7 Å². The third-order valence-electron chi connectivity index (χ3n) is 7.42. The molecule has 0 amide bonds. The summed E-state index contributed by atoms with van der Waals surface area (Å²) < 4.78 is 26.6. The lowest BCUT2D eigenvalue weighted by molar-refractivity contribution is -0.139. The Bertz CT molecular complexity index is 1900. The van der Waals surface area contributed by atoms with Crippen molar-refractivity contribution < 1.29 is 23.7 Å². The normalized spacial score (nSPS) is 14.8. The highest BCUT2D eigenvalue weighted by Crippen LogP contribution is 2.40. The van der Waals surface area contributed by atoms with Gasteiger partial charge in [-0.3, -0.25) is 9.36 Å². The first-order valence-corrected chi connectivity index (χ1v) is 14.9. The number of thiazole rings is 1. The smallest absolute Gasteiger partial charge is 0.338 e. The van der Waals surface area contributed by atoms with Gasteiger partial charge in [0.05, 0.1) is 43.2 Å². The van der Waals surface area contributed by atoms with E-state index in [1.54, 1.807) is 38.7 Å². The van der Waals surface area contributed by atoms with Gasteiger partial charge >= 0.3 is 5.97 Å². The number of hydrogen-bond acceptors (Lipinski definition) is 8. The van der Waals surface area contributed by atoms with Crippen molar-refractivity contribution >= 4 is 23.4 Å². The topological polar surface area (TPSA) is 93.3 Å². The number of nitrogens with zero attached hydrogens (tertiary/aromatic N) is 3. The maximum absolute atomic E-state index is 14.2. The molecular formula is C33H35N3O6S. The molecule has 3 heterocycles. The second-order valence-corrected chi connectivity index (χ2v) is 11.0. The third-order valence-corrected chi connectivity index (χ3v) is 8.40. The number of esters is 1. The highest BCUT2D eigenvalue weighted by Gasteiger charge is 2.36. The summed E-state index contributed by atoms with van der Waals surface area (Å²) in [6.45, 7) is 10.00. The summed E-state index contributed by atoms with van der Waals surface area (Å²) in [6.07, 6.45) is 1.89. The van der Waals surface area contributed by atoms with Crippen molar-refractivity contribution in [3.05, 3.63) is 102 Å². The van der Waals surface area contributed by atoms with Crippen LogP contribution in [-0.2, 0) is 9.53 Å². The average Bonchev–Trinajstić information content (AvgIpc) is 3.46. The Kier molecular flexibility index (Phi) is 8.59. The molecule has 224 valence electrons. The number of hydrogen-bond donors (Lipinski definition) is 0. The zero-order valence-corrected chi connectivity index (χ0v) is 26.2. The minimum Gasteiger partial charge on any atom is -0.497 e. The van der Waals surface area contributed by atoms with Crippen molar-refractivity contribution in [2.24, 2.45) is 4.99 Å². The van der Waals surface area contributed by atoms with E-state index < -0.39 is 12.0 Å². The molecule has 43 heavy (non-hydrogen) atoms. The first-order chi connectivity index (χ1) is 20.7. The highest BCUT2D eigenvalue weighted by atomic mass is 32.1. The molecule has 0 spiro atoms. The Morgan fingerprint density at radius 2 is 1.77 bits per heavy atom. The van der Waals surface area contributed by atoms with E-state index in [1.807, 2.05) is 63.2 Å².